The van der Waals surface area contributed by atoms with Gasteiger partial charge in [0.1, 0.15) is 5.84 Å². The van der Waals surface area contributed by atoms with Crippen molar-refractivity contribution in [1.29, 1.82) is 0 Å². The summed E-state index contributed by atoms with van der Waals surface area (Å²) in [4.78, 5) is 0. The van der Waals surface area contributed by atoms with Crippen molar-refractivity contribution in [2.24, 2.45) is 21.7 Å². The first kappa shape index (κ1) is 15.2. The molecule has 1 fully saturated rings. The fourth-order valence-corrected chi connectivity index (χ4v) is 2.32. The van der Waals surface area contributed by atoms with Gasteiger partial charge in [-0.15, -0.1) is 0 Å². The van der Waals surface area contributed by atoms with E-state index in [0.717, 1.165) is 38.8 Å². The Hall–Kier alpha value is -0.810. The van der Waals surface area contributed by atoms with Crippen LogP contribution in [0.1, 0.15) is 46.0 Å². The number of oxime groups is 1. The summed E-state index contributed by atoms with van der Waals surface area (Å²) in [6.07, 6.45) is 4.84. The lowest BCUT2D eigenvalue weighted by atomic mass is 9.87. The van der Waals surface area contributed by atoms with Gasteiger partial charge >= 0.3 is 0 Å². The molecule has 0 radical (unpaired) electrons. The number of aliphatic hydroxyl groups is 1. The van der Waals surface area contributed by atoms with E-state index in [-0.39, 0.29) is 17.4 Å². The maximum absolute atomic E-state index is 8.85. The number of hydrogen-bond acceptors (Lipinski definition) is 4. The maximum Gasteiger partial charge on any atom is 0.139 e. The molecule has 5 N–H and O–H groups in total. The van der Waals surface area contributed by atoms with E-state index in [1.54, 1.807) is 0 Å². The molecule has 1 aliphatic carbocycles. The van der Waals surface area contributed by atoms with Crippen molar-refractivity contribution in [2.45, 2.75) is 46.0 Å². The fourth-order valence-electron chi connectivity index (χ4n) is 2.32. The first-order valence-corrected chi connectivity index (χ1v) is 6.71. The summed E-state index contributed by atoms with van der Waals surface area (Å²) in [6, 6.07) is 0. The van der Waals surface area contributed by atoms with Gasteiger partial charge in [-0.3, -0.25) is 0 Å². The lowest BCUT2D eigenvalue weighted by Crippen LogP contribution is -2.35. The largest absolute Gasteiger partial charge is 0.409 e. The van der Waals surface area contributed by atoms with Gasteiger partial charge in [-0.2, -0.15) is 0 Å². The Morgan fingerprint density at radius 1 is 1.44 bits per heavy atom. The molecule has 0 aromatic heterocycles. The fraction of sp³-hybridized carbons (Fsp3) is 0.923. The van der Waals surface area contributed by atoms with Crippen LogP contribution in [0.4, 0.5) is 0 Å². The predicted octanol–water partition coefficient (Wildman–Crippen LogP) is 1.29. The first-order chi connectivity index (χ1) is 8.43. The van der Waals surface area contributed by atoms with Gasteiger partial charge in [-0.05, 0) is 36.5 Å². The highest BCUT2D eigenvalue weighted by atomic mass is 16.4. The minimum absolute atomic E-state index is 0.204. The molecule has 0 heterocycles. The summed E-state index contributed by atoms with van der Waals surface area (Å²) in [5, 5.41) is 24.0. The Labute approximate surface area is 109 Å². The Morgan fingerprint density at radius 3 is 2.61 bits per heavy atom. The van der Waals surface area contributed by atoms with Crippen molar-refractivity contribution in [1.82, 2.24) is 5.32 Å². The van der Waals surface area contributed by atoms with Gasteiger partial charge < -0.3 is 21.4 Å². The van der Waals surface area contributed by atoms with Crippen molar-refractivity contribution in [3.05, 3.63) is 0 Å². The monoisotopic (exact) mass is 257 g/mol. The van der Waals surface area contributed by atoms with E-state index in [9.17, 15) is 0 Å². The van der Waals surface area contributed by atoms with Crippen LogP contribution in [0.25, 0.3) is 0 Å². The zero-order valence-electron chi connectivity index (χ0n) is 11.6. The molecule has 0 spiro atoms. The van der Waals surface area contributed by atoms with Crippen LogP contribution in [-0.2, 0) is 0 Å². The van der Waals surface area contributed by atoms with Crippen LogP contribution in [0, 0.1) is 10.8 Å². The number of rotatable bonds is 9. The molecule has 18 heavy (non-hydrogen) atoms. The Kier molecular flexibility index (Phi) is 5.41. The smallest absolute Gasteiger partial charge is 0.139 e. The molecule has 0 unspecified atom stereocenters. The maximum atomic E-state index is 8.85. The van der Waals surface area contributed by atoms with Crippen molar-refractivity contribution in [2.75, 3.05) is 19.7 Å². The minimum atomic E-state index is 0.204. The van der Waals surface area contributed by atoms with E-state index in [1.807, 2.05) is 0 Å². The molecule has 0 bridgehead atoms. The molecule has 0 aromatic rings. The van der Waals surface area contributed by atoms with E-state index in [4.69, 9.17) is 16.0 Å². The SMILES string of the molecule is CC(C)(CCCO)CNCC1(CC(N)=NO)CC1. The lowest BCUT2D eigenvalue weighted by Gasteiger charge is -2.26. The Bertz CT molecular complexity index is 286. The normalized spacial score (nSPS) is 18.9. The number of nitrogens with zero attached hydrogens (tertiary/aromatic N) is 1. The molecule has 1 rings (SSSR count). The summed E-state index contributed by atoms with van der Waals surface area (Å²) in [7, 11) is 0. The number of aliphatic hydroxyl groups excluding tert-OH is 1. The molecule has 1 aliphatic rings. The average Bonchev–Trinajstić information content (AvgIpc) is 3.06. The molecule has 0 amide bonds. The summed E-state index contributed by atoms with van der Waals surface area (Å²) >= 11 is 0. The lowest BCUT2D eigenvalue weighted by molar-refractivity contribution is 0.233. The van der Waals surface area contributed by atoms with E-state index in [2.05, 4.69) is 24.3 Å². The van der Waals surface area contributed by atoms with Gasteiger partial charge in [-0.1, -0.05) is 19.0 Å². The van der Waals surface area contributed by atoms with E-state index < -0.39 is 0 Å². The second-order valence-corrected chi connectivity index (χ2v) is 6.36. The molecule has 1 saturated carbocycles. The second-order valence-electron chi connectivity index (χ2n) is 6.36. The Balaban J connectivity index is 2.25. The third kappa shape index (κ3) is 5.23. The summed E-state index contributed by atoms with van der Waals surface area (Å²) in [6.45, 7) is 6.53. The molecule has 5 heteroatoms. The molecular weight excluding hydrogens is 230 g/mol. The van der Waals surface area contributed by atoms with Crippen LogP contribution in [0.3, 0.4) is 0 Å². The van der Waals surface area contributed by atoms with Crippen LogP contribution in [-0.4, -0.2) is 35.8 Å². The third-order valence-corrected chi connectivity index (χ3v) is 3.76. The number of amidine groups is 1. The highest BCUT2D eigenvalue weighted by molar-refractivity contribution is 5.80. The minimum Gasteiger partial charge on any atom is -0.409 e. The van der Waals surface area contributed by atoms with Crippen LogP contribution in [0.5, 0.6) is 0 Å². The summed E-state index contributed by atoms with van der Waals surface area (Å²) in [5.74, 6) is 0.328. The predicted molar refractivity (Wildman–Crippen MR) is 72.7 cm³/mol. The summed E-state index contributed by atoms with van der Waals surface area (Å²) < 4.78 is 0. The van der Waals surface area contributed by atoms with Gasteiger partial charge in [0.15, 0.2) is 0 Å². The van der Waals surface area contributed by atoms with Gasteiger partial charge in [-0.25, -0.2) is 0 Å². The molecule has 0 aromatic carbocycles. The second kappa shape index (κ2) is 6.38. The molecule has 0 aliphatic heterocycles. The quantitative estimate of drug-likeness (QED) is 0.217. The van der Waals surface area contributed by atoms with Gasteiger partial charge in [0.2, 0.25) is 0 Å². The number of nitrogens with two attached hydrogens (primary N) is 1. The molecule has 0 saturated heterocycles. The molecule has 106 valence electrons. The highest BCUT2D eigenvalue weighted by Crippen LogP contribution is 2.48. The average molecular weight is 257 g/mol. The molecular formula is C13H27N3O2. The van der Waals surface area contributed by atoms with Crippen LogP contribution >= 0.6 is 0 Å². The zero-order chi connectivity index (χ0) is 13.6. The van der Waals surface area contributed by atoms with Crippen LogP contribution in [0.2, 0.25) is 0 Å². The standard InChI is InChI=1S/C13H27N3O2/c1-12(2,4-3-7-17)9-15-10-13(5-6-13)8-11(14)16-18/h15,17-18H,3-10H2,1-2H3,(H2,14,16). The van der Waals surface area contributed by atoms with E-state index in [0.29, 0.717) is 12.3 Å². The third-order valence-electron chi connectivity index (χ3n) is 3.76. The van der Waals surface area contributed by atoms with Crippen LogP contribution < -0.4 is 11.1 Å². The van der Waals surface area contributed by atoms with Gasteiger partial charge in [0.05, 0.1) is 0 Å². The number of hydrogen-bond donors (Lipinski definition) is 4. The zero-order valence-corrected chi connectivity index (χ0v) is 11.6. The van der Waals surface area contributed by atoms with Crippen molar-refractivity contribution in [3.8, 4) is 0 Å². The van der Waals surface area contributed by atoms with E-state index >= 15 is 0 Å². The topological polar surface area (TPSA) is 90.9 Å². The molecule has 5 nitrogen and oxygen atoms in total. The van der Waals surface area contributed by atoms with Crippen molar-refractivity contribution < 1.29 is 10.3 Å². The Morgan fingerprint density at radius 2 is 2.11 bits per heavy atom. The van der Waals surface area contributed by atoms with E-state index in [1.165, 1.54) is 0 Å². The first-order valence-electron chi connectivity index (χ1n) is 6.71. The van der Waals surface area contributed by atoms with Crippen LogP contribution in [0.15, 0.2) is 5.16 Å². The number of nitrogens with one attached hydrogen (secondary N) is 1. The van der Waals surface area contributed by atoms with Gasteiger partial charge in [0, 0.05) is 26.1 Å². The molecule has 0 atom stereocenters. The van der Waals surface area contributed by atoms with Crippen molar-refractivity contribution >= 4 is 5.84 Å². The highest BCUT2D eigenvalue weighted by Gasteiger charge is 2.43. The summed E-state index contributed by atoms with van der Waals surface area (Å²) in [5.41, 5.74) is 5.98. The van der Waals surface area contributed by atoms with Gasteiger partial charge in [0.25, 0.3) is 0 Å². The van der Waals surface area contributed by atoms with Crippen molar-refractivity contribution in [3.63, 3.8) is 0 Å².